The Kier molecular flexibility index (Phi) is 3.87. The van der Waals surface area contributed by atoms with Crippen molar-refractivity contribution in [3.8, 4) is 11.1 Å². The predicted octanol–water partition coefficient (Wildman–Crippen LogP) is 2.11. The lowest BCUT2D eigenvalue weighted by molar-refractivity contribution is 0.136. The van der Waals surface area contributed by atoms with Crippen molar-refractivity contribution in [2.24, 2.45) is 0 Å². The number of nitrogens with one attached hydrogen (secondary N) is 2. The molecule has 3 heterocycles. The van der Waals surface area contributed by atoms with E-state index in [0.717, 1.165) is 16.8 Å². The molecular formula is C18H19N5O3. The molecule has 134 valence electrons. The van der Waals surface area contributed by atoms with Gasteiger partial charge < -0.3 is 19.9 Å². The van der Waals surface area contributed by atoms with Crippen LogP contribution in [0.5, 0.6) is 0 Å². The highest BCUT2D eigenvalue weighted by atomic mass is 16.4. The molecule has 1 aliphatic heterocycles. The minimum Gasteiger partial charge on any atom is -0.465 e. The van der Waals surface area contributed by atoms with Gasteiger partial charge in [-0.25, -0.2) is 14.6 Å². The monoisotopic (exact) mass is 353 g/mol. The highest BCUT2D eigenvalue weighted by molar-refractivity contribution is 5.90. The van der Waals surface area contributed by atoms with Gasteiger partial charge in [-0.1, -0.05) is 12.1 Å². The number of amides is 1. The van der Waals surface area contributed by atoms with Gasteiger partial charge in [-0.3, -0.25) is 4.98 Å². The number of rotatable bonds is 2. The van der Waals surface area contributed by atoms with E-state index in [-0.39, 0.29) is 11.7 Å². The molecule has 26 heavy (non-hydrogen) atoms. The number of hydrogen-bond acceptors (Lipinski definition) is 4. The van der Waals surface area contributed by atoms with E-state index in [9.17, 15) is 14.7 Å². The largest absolute Gasteiger partial charge is 0.465 e. The zero-order chi connectivity index (χ0) is 18.3. The number of aromatic amines is 2. The fourth-order valence-electron chi connectivity index (χ4n) is 3.54. The number of piperazine rings is 1. The molecule has 0 unspecified atom stereocenters. The van der Waals surface area contributed by atoms with Crippen LogP contribution in [0.3, 0.4) is 0 Å². The summed E-state index contributed by atoms with van der Waals surface area (Å²) >= 11 is 0. The van der Waals surface area contributed by atoms with E-state index in [2.05, 4.69) is 25.9 Å². The van der Waals surface area contributed by atoms with Gasteiger partial charge in [0.15, 0.2) is 5.65 Å². The number of carboxylic acid groups (broad SMARTS) is 1. The second kappa shape index (κ2) is 6.21. The number of benzene rings is 1. The van der Waals surface area contributed by atoms with Crippen LogP contribution < -0.4 is 10.6 Å². The standard InChI is InChI=1S/C18H19N5O3/c1-11-10-22(18(25)26)7-8-23(11)13-4-2-3-12(9-13)14-5-6-19-16-15(14)20-17(24)21-16/h2-6,9,11H,7-8,10H2,1H3,(H,25,26)(H2,19,20,21,24)/t11-/m0/s1. The summed E-state index contributed by atoms with van der Waals surface area (Å²) in [5.74, 6) is 0. The SMILES string of the molecule is C[C@H]1CN(C(=O)O)CCN1c1cccc(-c2ccnc3[nH]c(=O)[nH]c23)c1. The van der Waals surface area contributed by atoms with E-state index >= 15 is 0 Å². The van der Waals surface area contributed by atoms with E-state index in [1.807, 2.05) is 31.2 Å². The predicted molar refractivity (Wildman–Crippen MR) is 98.6 cm³/mol. The van der Waals surface area contributed by atoms with Crippen molar-refractivity contribution in [3.63, 3.8) is 0 Å². The minimum absolute atomic E-state index is 0.0830. The third-order valence-corrected chi connectivity index (χ3v) is 4.81. The van der Waals surface area contributed by atoms with Crippen LogP contribution in [0.25, 0.3) is 22.3 Å². The number of nitrogens with zero attached hydrogens (tertiary/aromatic N) is 3. The lowest BCUT2D eigenvalue weighted by atomic mass is 10.0. The van der Waals surface area contributed by atoms with Gasteiger partial charge in [-0.05, 0) is 30.7 Å². The minimum atomic E-state index is -0.874. The lowest BCUT2D eigenvalue weighted by Crippen LogP contribution is -2.53. The Bertz CT molecular complexity index is 1020. The Morgan fingerprint density at radius 1 is 1.27 bits per heavy atom. The van der Waals surface area contributed by atoms with Crippen molar-refractivity contribution in [2.75, 3.05) is 24.5 Å². The summed E-state index contributed by atoms with van der Waals surface area (Å²) in [4.78, 5) is 36.1. The van der Waals surface area contributed by atoms with Crippen molar-refractivity contribution in [3.05, 3.63) is 47.0 Å². The molecule has 1 aromatic carbocycles. The fraction of sp³-hybridized carbons (Fsp3) is 0.278. The van der Waals surface area contributed by atoms with Gasteiger partial charge in [-0.2, -0.15) is 0 Å². The number of aromatic nitrogens is 3. The van der Waals surface area contributed by atoms with Crippen LogP contribution in [0.15, 0.2) is 41.3 Å². The summed E-state index contributed by atoms with van der Waals surface area (Å²) in [6, 6.07) is 10.00. The molecule has 0 aliphatic carbocycles. The zero-order valence-electron chi connectivity index (χ0n) is 14.3. The lowest BCUT2D eigenvalue weighted by Gasteiger charge is -2.40. The van der Waals surface area contributed by atoms with E-state index in [1.165, 1.54) is 4.90 Å². The third-order valence-electron chi connectivity index (χ3n) is 4.81. The van der Waals surface area contributed by atoms with Crippen molar-refractivity contribution in [1.29, 1.82) is 0 Å². The van der Waals surface area contributed by atoms with Crippen LogP contribution in [0.1, 0.15) is 6.92 Å². The van der Waals surface area contributed by atoms with Crippen LogP contribution in [0.4, 0.5) is 10.5 Å². The first-order chi connectivity index (χ1) is 12.5. The second-order valence-electron chi connectivity index (χ2n) is 6.48. The van der Waals surface area contributed by atoms with Crippen LogP contribution in [0.2, 0.25) is 0 Å². The molecule has 1 atom stereocenters. The van der Waals surface area contributed by atoms with E-state index in [4.69, 9.17) is 0 Å². The number of imidazole rings is 1. The maximum absolute atomic E-state index is 11.6. The molecule has 0 spiro atoms. The Balaban J connectivity index is 1.69. The Hall–Kier alpha value is -3.29. The van der Waals surface area contributed by atoms with Crippen molar-refractivity contribution in [1.82, 2.24) is 19.9 Å². The second-order valence-corrected chi connectivity index (χ2v) is 6.48. The Labute approximate surface area is 149 Å². The molecule has 8 heteroatoms. The molecule has 0 bridgehead atoms. The highest BCUT2D eigenvalue weighted by Gasteiger charge is 2.26. The van der Waals surface area contributed by atoms with Gasteiger partial charge in [0.05, 0.1) is 5.52 Å². The van der Waals surface area contributed by atoms with E-state index in [1.54, 1.807) is 6.20 Å². The highest BCUT2D eigenvalue weighted by Crippen LogP contribution is 2.29. The maximum Gasteiger partial charge on any atom is 0.407 e. The van der Waals surface area contributed by atoms with Gasteiger partial charge in [0.25, 0.3) is 0 Å². The van der Waals surface area contributed by atoms with Gasteiger partial charge in [0, 0.05) is 43.1 Å². The summed E-state index contributed by atoms with van der Waals surface area (Å²) < 4.78 is 0. The van der Waals surface area contributed by atoms with Crippen LogP contribution in [0, 0.1) is 0 Å². The molecule has 1 saturated heterocycles. The van der Waals surface area contributed by atoms with Crippen molar-refractivity contribution < 1.29 is 9.90 Å². The topological polar surface area (TPSA) is 105 Å². The summed E-state index contributed by atoms with van der Waals surface area (Å²) in [6.07, 6.45) is 0.795. The van der Waals surface area contributed by atoms with Crippen molar-refractivity contribution >= 4 is 22.9 Å². The van der Waals surface area contributed by atoms with E-state index < -0.39 is 6.09 Å². The molecule has 8 nitrogen and oxygen atoms in total. The number of H-pyrrole nitrogens is 2. The molecular weight excluding hydrogens is 334 g/mol. The molecule has 0 radical (unpaired) electrons. The molecule has 4 rings (SSSR count). The number of pyridine rings is 1. The Morgan fingerprint density at radius 2 is 2.12 bits per heavy atom. The first-order valence-electron chi connectivity index (χ1n) is 8.45. The molecule has 0 saturated carbocycles. The first kappa shape index (κ1) is 16.2. The number of fused-ring (bicyclic) bond motifs is 1. The van der Waals surface area contributed by atoms with Crippen LogP contribution >= 0.6 is 0 Å². The average molecular weight is 353 g/mol. The normalized spacial score (nSPS) is 17.7. The van der Waals surface area contributed by atoms with Gasteiger partial charge >= 0.3 is 11.8 Å². The Morgan fingerprint density at radius 3 is 2.88 bits per heavy atom. The number of carbonyl (C=O) groups is 1. The molecule has 1 aliphatic rings. The summed E-state index contributed by atoms with van der Waals surface area (Å²) in [5.41, 5.74) is 3.82. The fourth-order valence-corrected chi connectivity index (χ4v) is 3.54. The molecule has 1 fully saturated rings. The smallest absolute Gasteiger partial charge is 0.407 e. The first-order valence-corrected chi connectivity index (χ1v) is 8.45. The van der Waals surface area contributed by atoms with Gasteiger partial charge in [0.1, 0.15) is 0 Å². The van der Waals surface area contributed by atoms with Crippen LogP contribution in [-0.2, 0) is 0 Å². The molecule has 3 aromatic rings. The average Bonchev–Trinajstić information content (AvgIpc) is 3.01. The third kappa shape index (κ3) is 2.79. The summed E-state index contributed by atoms with van der Waals surface area (Å²) in [5, 5.41) is 9.18. The van der Waals surface area contributed by atoms with E-state index in [0.29, 0.717) is 30.8 Å². The van der Waals surface area contributed by atoms with Gasteiger partial charge in [0.2, 0.25) is 0 Å². The number of hydrogen-bond donors (Lipinski definition) is 3. The van der Waals surface area contributed by atoms with Gasteiger partial charge in [-0.15, -0.1) is 0 Å². The maximum atomic E-state index is 11.6. The van der Waals surface area contributed by atoms with Crippen molar-refractivity contribution in [2.45, 2.75) is 13.0 Å². The quantitative estimate of drug-likeness (QED) is 0.654. The molecule has 3 N–H and O–H groups in total. The summed E-state index contributed by atoms with van der Waals surface area (Å²) in [6.45, 7) is 3.62. The van der Waals surface area contributed by atoms with Crippen LogP contribution in [-0.4, -0.2) is 56.7 Å². The zero-order valence-corrected chi connectivity index (χ0v) is 14.3. The number of anilines is 1. The summed E-state index contributed by atoms with van der Waals surface area (Å²) in [7, 11) is 0. The molecule has 2 aromatic heterocycles. The molecule has 1 amide bonds.